The summed E-state index contributed by atoms with van der Waals surface area (Å²) < 4.78 is 35.1. The molecule has 0 aliphatic carbocycles. The van der Waals surface area contributed by atoms with E-state index >= 15 is 0 Å². The first kappa shape index (κ1) is 23.8. The van der Waals surface area contributed by atoms with Crippen molar-refractivity contribution in [2.24, 2.45) is 0 Å². The summed E-state index contributed by atoms with van der Waals surface area (Å²) in [7, 11) is -3.62. The predicted molar refractivity (Wildman–Crippen MR) is 127 cm³/mol. The van der Waals surface area contributed by atoms with Crippen molar-refractivity contribution in [3.63, 3.8) is 0 Å². The van der Waals surface area contributed by atoms with Crippen LogP contribution in [0.2, 0.25) is 0 Å². The topological polar surface area (TPSA) is 113 Å². The van der Waals surface area contributed by atoms with Crippen LogP contribution < -0.4 is 4.74 Å². The van der Waals surface area contributed by atoms with E-state index in [4.69, 9.17) is 4.74 Å². The highest BCUT2D eigenvalue weighted by Gasteiger charge is 2.31. The second-order valence-electron chi connectivity index (χ2n) is 8.77. The maximum atomic E-state index is 13.2. The fourth-order valence-electron chi connectivity index (χ4n) is 4.51. The number of sulfonamides is 1. The van der Waals surface area contributed by atoms with Gasteiger partial charge < -0.3 is 14.4 Å². The minimum absolute atomic E-state index is 0.00872. The molecule has 0 saturated carbocycles. The Kier molecular flexibility index (Phi) is 6.64. The molecule has 0 radical (unpaired) electrons. The van der Waals surface area contributed by atoms with Gasteiger partial charge in [0.2, 0.25) is 10.0 Å². The number of hydrogen-bond acceptors (Lipinski definition) is 5. The number of carboxylic acid groups (broad SMARTS) is 1. The number of carbonyl (C=O) groups is 1. The van der Waals surface area contributed by atoms with Crippen LogP contribution in [0.25, 0.3) is 10.9 Å². The van der Waals surface area contributed by atoms with Gasteiger partial charge in [0.25, 0.3) is 0 Å². The molecular weight excluding hydrogens is 454 g/mol. The average Bonchev–Trinajstić information content (AvgIpc) is 3.16. The number of ether oxygens (including phenoxy) is 1. The summed E-state index contributed by atoms with van der Waals surface area (Å²) >= 11 is 0. The number of carboxylic acids is 1. The van der Waals surface area contributed by atoms with Crippen LogP contribution in [-0.4, -0.2) is 47.6 Å². The van der Waals surface area contributed by atoms with Gasteiger partial charge in [0, 0.05) is 24.7 Å². The van der Waals surface area contributed by atoms with Crippen molar-refractivity contribution in [2.45, 2.75) is 50.2 Å². The van der Waals surface area contributed by atoms with E-state index in [2.05, 4.69) is 6.07 Å². The fourth-order valence-corrected chi connectivity index (χ4v) is 5.98. The normalized spacial score (nSPS) is 15.5. The molecule has 1 aliphatic heterocycles. The molecule has 34 heavy (non-hydrogen) atoms. The first-order valence-electron chi connectivity index (χ1n) is 11.2. The maximum Gasteiger partial charge on any atom is 0.323 e. The Morgan fingerprint density at radius 3 is 2.44 bits per heavy atom. The lowest BCUT2D eigenvalue weighted by Crippen LogP contribution is -2.37. The maximum absolute atomic E-state index is 13.2. The molecule has 0 spiro atoms. The van der Waals surface area contributed by atoms with Crippen molar-refractivity contribution in [1.29, 1.82) is 5.26 Å². The zero-order valence-electron chi connectivity index (χ0n) is 19.1. The van der Waals surface area contributed by atoms with E-state index in [1.54, 1.807) is 41.0 Å². The summed E-state index contributed by atoms with van der Waals surface area (Å²) in [4.78, 5) is 11.6. The molecule has 8 nitrogen and oxygen atoms in total. The number of benzene rings is 2. The Morgan fingerprint density at radius 2 is 1.85 bits per heavy atom. The molecule has 2 heterocycles. The molecule has 178 valence electrons. The van der Waals surface area contributed by atoms with Crippen LogP contribution in [0.4, 0.5) is 0 Å². The number of aliphatic carboxylic acids is 1. The van der Waals surface area contributed by atoms with Crippen LogP contribution in [0, 0.1) is 11.3 Å². The van der Waals surface area contributed by atoms with Gasteiger partial charge in [0.15, 0.2) is 0 Å². The molecule has 9 heteroatoms. The van der Waals surface area contributed by atoms with Crippen LogP contribution in [0.15, 0.2) is 53.6 Å². The van der Waals surface area contributed by atoms with E-state index in [1.165, 1.54) is 4.31 Å². The molecule has 0 unspecified atom stereocenters. The summed E-state index contributed by atoms with van der Waals surface area (Å²) in [5.41, 5.74) is 2.16. The van der Waals surface area contributed by atoms with Crippen molar-refractivity contribution >= 4 is 26.9 Å². The van der Waals surface area contributed by atoms with Gasteiger partial charge in [-0.2, -0.15) is 9.57 Å². The van der Waals surface area contributed by atoms with Crippen LogP contribution in [0.5, 0.6) is 5.75 Å². The van der Waals surface area contributed by atoms with Crippen molar-refractivity contribution in [3.05, 3.63) is 59.8 Å². The molecule has 1 saturated heterocycles. The number of aromatic nitrogens is 1. The molecular formula is C25H27N3O5S. The highest BCUT2D eigenvalue weighted by molar-refractivity contribution is 7.89. The number of piperidine rings is 1. The van der Waals surface area contributed by atoms with Gasteiger partial charge >= 0.3 is 5.97 Å². The van der Waals surface area contributed by atoms with Crippen molar-refractivity contribution in [2.75, 3.05) is 13.1 Å². The third-order valence-electron chi connectivity index (χ3n) is 6.07. The molecule has 4 rings (SSSR count). The minimum atomic E-state index is -3.62. The number of hydrogen-bond donors (Lipinski definition) is 1. The third-order valence-corrected chi connectivity index (χ3v) is 7.99. The van der Waals surface area contributed by atoms with Crippen molar-refractivity contribution in [3.8, 4) is 11.8 Å². The van der Waals surface area contributed by atoms with Crippen LogP contribution in [0.3, 0.4) is 0 Å². The molecule has 1 aliphatic rings. The van der Waals surface area contributed by atoms with E-state index in [0.717, 1.165) is 10.9 Å². The first-order chi connectivity index (χ1) is 16.2. The van der Waals surface area contributed by atoms with Gasteiger partial charge in [-0.1, -0.05) is 6.07 Å². The van der Waals surface area contributed by atoms with Gasteiger partial charge in [-0.25, -0.2) is 8.42 Å². The first-order valence-corrected chi connectivity index (χ1v) is 12.6. The van der Waals surface area contributed by atoms with Crippen LogP contribution in [0.1, 0.15) is 43.7 Å². The second-order valence-corrected chi connectivity index (χ2v) is 10.7. The van der Waals surface area contributed by atoms with Crippen LogP contribution >= 0.6 is 0 Å². The van der Waals surface area contributed by atoms with E-state index in [-0.39, 0.29) is 23.5 Å². The Morgan fingerprint density at radius 1 is 1.18 bits per heavy atom. The smallest absolute Gasteiger partial charge is 0.323 e. The van der Waals surface area contributed by atoms with E-state index in [9.17, 15) is 23.6 Å². The molecule has 1 N–H and O–H groups in total. The lowest BCUT2D eigenvalue weighted by Gasteiger charge is -2.31. The molecule has 1 aromatic heterocycles. The van der Waals surface area contributed by atoms with Gasteiger partial charge in [-0.15, -0.1) is 0 Å². The van der Waals surface area contributed by atoms with Crippen LogP contribution in [-0.2, 0) is 21.4 Å². The zero-order chi connectivity index (χ0) is 24.5. The average molecular weight is 482 g/mol. The summed E-state index contributed by atoms with van der Waals surface area (Å²) in [5, 5.41) is 19.4. The molecule has 3 aromatic rings. The summed E-state index contributed by atoms with van der Waals surface area (Å²) in [6.45, 7) is 4.38. The second kappa shape index (κ2) is 9.49. The predicted octanol–water partition coefficient (Wildman–Crippen LogP) is 3.95. The third kappa shape index (κ3) is 4.79. The summed E-state index contributed by atoms with van der Waals surface area (Å²) in [6.07, 6.45) is 3.09. The number of nitrogens with zero attached hydrogens (tertiary/aromatic N) is 3. The number of nitriles is 1. The molecule has 0 atom stereocenters. The SMILES string of the molecule is CC(C)Oc1ccc(S(=O)(=O)N2CCC(c3cn(CC(=O)O)c4cc(C#N)ccc34)CC2)cc1. The fraction of sp³-hybridized carbons (Fsp3) is 0.360. The summed E-state index contributed by atoms with van der Waals surface area (Å²) in [5.74, 6) is -0.236. The standard InChI is InChI=1S/C25H27N3O5S/c1-17(2)33-20-4-6-21(7-5-20)34(31,32)28-11-9-19(10-12-28)23-15-27(16-25(29)30)24-13-18(14-26)3-8-22(23)24/h3-8,13,15,17,19H,9-12,16H2,1-2H3,(H,29,30). The van der Waals surface area contributed by atoms with E-state index in [0.29, 0.717) is 42.8 Å². The van der Waals surface area contributed by atoms with Gasteiger partial charge in [0.05, 0.1) is 28.1 Å². The zero-order valence-corrected chi connectivity index (χ0v) is 20.0. The largest absolute Gasteiger partial charge is 0.491 e. The highest BCUT2D eigenvalue weighted by atomic mass is 32.2. The lowest BCUT2D eigenvalue weighted by molar-refractivity contribution is -0.137. The van der Waals surface area contributed by atoms with E-state index < -0.39 is 16.0 Å². The van der Waals surface area contributed by atoms with Gasteiger partial charge in [0.1, 0.15) is 12.3 Å². The molecule has 0 amide bonds. The number of rotatable bonds is 7. The molecule has 2 aromatic carbocycles. The Hall–Kier alpha value is -3.35. The highest BCUT2D eigenvalue weighted by Crippen LogP contribution is 2.36. The summed E-state index contributed by atoms with van der Waals surface area (Å²) in [6, 6.07) is 13.9. The Labute approximate surface area is 199 Å². The van der Waals surface area contributed by atoms with Gasteiger partial charge in [-0.05, 0) is 74.6 Å². The molecule has 1 fully saturated rings. The van der Waals surface area contributed by atoms with E-state index in [1.807, 2.05) is 26.1 Å². The minimum Gasteiger partial charge on any atom is -0.491 e. The monoisotopic (exact) mass is 481 g/mol. The molecule has 0 bridgehead atoms. The van der Waals surface area contributed by atoms with Crippen molar-refractivity contribution < 1.29 is 23.1 Å². The Bertz CT molecular complexity index is 1350. The Balaban J connectivity index is 1.53. The quantitative estimate of drug-likeness (QED) is 0.547. The van der Waals surface area contributed by atoms with Gasteiger partial charge in [-0.3, -0.25) is 4.79 Å². The lowest BCUT2D eigenvalue weighted by atomic mass is 9.90. The number of fused-ring (bicyclic) bond motifs is 1. The van der Waals surface area contributed by atoms with Crippen molar-refractivity contribution in [1.82, 2.24) is 8.87 Å².